The zero-order valence-electron chi connectivity index (χ0n) is 13.0. The van der Waals surface area contributed by atoms with E-state index >= 15 is 0 Å². The quantitative estimate of drug-likeness (QED) is 0.907. The first kappa shape index (κ1) is 16.0. The number of halogens is 1. The molecule has 6 heteroatoms. The summed E-state index contributed by atoms with van der Waals surface area (Å²) in [6.45, 7) is 0.528. The van der Waals surface area contributed by atoms with Gasteiger partial charge < -0.3 is 15.5 Å². The largest absolute Gasteiger partial charge is 0.324 e. The summed E-state index contributed by atoms with van der Waals surface area (Å²) in [5, 5.41) is 5.53. The number of hydrogen-bond acceptors (Lipinski definition) is 2. The summed E-state index contributed by atoms with van der Waals surface area (Å²) in [4.78, 5) is 26.4. The summed E-state index contributed by atoms with van der Waals surface area (Å²) in [6, 6.07) is 13.8. The second kappa shape index (κ2) is 7.12. The molecule has 3 amide bonds. The molecule has 0 aliphatic carbocycles. The van der Waals surface area contributed by atoms with Crippen LogP contribution in [-0.2, 0) is 4.79 Å². The van der Waals surface area contributed by atoms with E-state index in [-0.39, 0.29) is 17.8 Å². The number of para-hydroxylation sites is 1. The highest BCUT2D eigenvalue weighted by Crippen LogP contribution is 2.21. The van der Waals surface area contributed by atoms with Gasteiger partial charge in [0.2, 0.25) is 5.91 Å². The van der Waals surface area contributed by atoms with Crippen molar-refractivity contribution in [2.45, 2.75) is 18.9 Å². The highest BCUT2D eigenvalue weighted by molar-refractivity contribution is 5.99. The van der Waals surface area contributed by atoms with Crippen LogP contribution < -0.4 is 10.6 Å². The molecule has 1 heterocycles. The number of carbonyl (C=O) groups excluding carboxylic acids is 2. The van der Waals surface area contributed by atoms with Crippen molar-refractivity contribution in [3.05, 3.63) is 60.4 Å². The van der Waals surface area contributed by atoms with E-state index in [1.807, 2.05) is 18.2 Å². The standard InChI is InChI=1S/C18H18FN3O2/c19-13-8-10-15(11-9-13)20-17(23)16-7-4-12-22(16)18(24)21-14-5-2-1-3-6-14/h1-3,5-6,8-11,16H,4,7,12H2,(H,20,23)(H,21,24)/t16-/m1/s1. The minimum atomic E-state index is -0.529. The zero-order valence-corrected chi connectivity index (χ0v) is 13.0. The van der Waals surface area contributed by atoms with Gasteiger partial charge in [-0.3, -0.25) is 4.79 Å². The summed E-state index contributed by atoms with van der Waals surface area (Å²) >= 11 is 0. The molecule has 1 atom stereocenters. The fraction of sp³-hybridized carbons (Fsp3) is 0.222. The highest BCUT2D eigenvalue weighted by Gasteiger charge is 2.34. The zero-order chi connectivity index (χ0) is 16.9. The maximum absolute atomic E-state index is 12.9. The molecule has 5 nitrogen and oxygen atoms in total. The third-order valence-electron chi connectivity index (χ3n) is 3.95. The number of hydrogen-bond donors (Lipinski definition) is 2. The molecule has 0 saturated carbocycles. The van der Waals surface area contributed by atoms with E-state index in [9.17, 15) is 14.0 Å². The number of urea groups is 1. The Balaban J connectivity index is 1.65. The molecule has 124 valence electrons. The number of likely N-dealkylation sites (tertiary alicyclic amines) is 1. The number of nitrogens with zero attached hydrogens (tertiary/aromatic N) is 1. The number of rotatable bonds is 3. The van der Waals surface area contributed by atoms with Gasteiger partial charge in [-0.1, -0.05) is 18.2 Å². The molecule has 1 saturated heterocycles. The van der Waals surface area contributed by atoms with Crippen molar-refractivity contribution in [3.8, 4) is 0 Å². The highest BCUT2D eigenvalue weighted by atomic mass is 19.1. The summed E-state index contributed by atoms with van der Waals surface area (Å²) in [6.07, 6.45) is 1.37. The van der Waals surface area contributed by atoms with Crippen LogP contribution in [0.2, 0.25) is 0 Å². The molecule has 2 aromatic carbocycles. The van der Waals surface area contributed by atoms with Gasteiger partial charge in [-0.25, -0.2) is 9.18 Å². The lowest BCUT2D eigenvalue weighted by Crippen LogP contribution is -2.45. The third kappa shape index (κ3) is 3.71. The van der Waals surface area contributed by atoms with Crippen molar-refractivity contribution in [3.63, 3.8) is 0 Å². The Hall–Kier alpha value is -2.89. The van der Waals surface area contributed by atoms with E-state index in [4.69, 9.17) is 0 Å². The molecule has 0 bridgehead atoms. The minimum absolute atomic E-state index is 0.262. The van der Waals surface area contributed by atoms with E-state index < -0.39 is 6.04 Å². The average Bonchev–Trinajstić information content (AvgIpc) is 3.08. The summed E-state index contributed by atoms with van der Waals surface area (Å²) in [5.74, 6) is -0.625. The Morgan fingerprint density at radius 3 is 2.33 bits per heavy atom. The molecule has 1 aliphatic rings. The molecule has 3 rings (SSSR count). The van der Waals surface area contributed by atoms with Crippen molar-refractivity contribution in [1.82, 2.24) is 4.90 Å². The van der Waals surface area contributed by atoms with Crippen molar-refractivity contribution < 1.29 is 14.0 Å². The fourth-order valence-corrected chi connectivity index (χ4v) is 2.76. The second-order valence-corrected chi connectivity index (χ2v) is 5.64. The normalized spacial score (nSPS) is 16.7. The van der Waals surface area contributed by atoms with E-state index in [1.54, 1.807) is 12.1 Å². The molecule has 1 fully saturated rings. The average molecular weight is 327 g/mol. The van der Waals surface area contributed by atoms with Crippen LogP contribution in [0.1, 0.15) is 12.8 Å². The SMILES string of the molecule is O=C(Nc1ccc(F)cc1)[C@H]1CCCN1C(=O)Nc1ccccc1. The number of nitrogens with one attached hydrogen (secondary N) is 2. The predicted molar refractivity (Wildman–Crippen MR) is 90.2 cm³/mol. The lowest BCUT2D eigenvalue weighted by molar-refractivity contribution is -0.119. The molecule has 2 N–H and O–H groups in total. The Kier molecular flexibility index (Phi) is 4.74. The number of carbonyl (C=O) groups is 2. The van der Waals surface area contributed by atoms with E-state index in [2.05, 4.69) is 10.6 Å². The summed E-state index contributed by atoms with van der Waals surface area (Å²) < 4.78 is 12.9. The number of benzene rings is 2. The molecule has 0 aromatic heterocycles. The van der Waals surface area contributed by atoms with E-state index in [0.717, 1.165) is 6.42 Å². The first-order chi connectivity index (χ1) is 11.6. The Bertz CT molecular complexity index is 719. The topological polar surface area (TPSA) is 61.4 Å². The molecule has 24 heavy (non-hydrogen) atoms. The Labute approximate surface area is 139 Å². The van der Waals surface area contributed by atoms with Gasteiger partial charge in [0.25, 0.3) is 0 Å². The predicted octanol–water partition coefficient (Wildman–Crippen LogP) is 3.46. The summed E-state index contributed by atoms with van der Waals surface area (Å²) in [5.41, 5.74) is 1.20. The maximum Gasteiger partial charge on any atom is 0.322 e. The second-order valence-electron chi connectivity index (χ2n) is 5.64. The van der Waals surface area contributed by atoms with Crippen LogP contribution in [0.3, 0.4) is 0 Å². The van der Waals surface area contributed by atoms with Gasteiger partial charge in [0, 0.05) is 17.9 Å². The molecular weight excluding hydrogens is 309 g/mol. The number of anilines is 2. The molecular formula is C18H18FN3O2. The van der Waals surface area contributed by atoms with Crippen molar-refractivity contribution >= 4 is 23.3 Å². The maximum atomic E-state index is 12.9. The van der Waals surface area contributed by atoms with Crippen LogP contribution in [0.25, 0.3) is 0 Å². The van der Waals surface area contributed by atoms with Gasteiger partial charge in [-0.05, 0) is 49.2 Å². The molecule has 1 aliphatic heterocycles. The molecule has 0 unspecified atom stereocenters. The first-order valence-corrected chi connectivity index (χ1v) is 7.82. The van der Waals surface area contributed by atoms with Gasteiger partial charge >= 0.3 is 6.03 Å². The van der Waals surface area contributed by atoms with Gasteiger partial charge in [-0.2, -0.15) is 0 Å². The first-order valence-electron chi connectivity index (χ1n) is 7.82. The van der Waals surface area contributed by atoms with E-state index in [1.165, 1.54) is 29.2 Å². The monoisotopic (exact) mass is 327 g/mol. The summed E-state index contributed by atoms with van der Waals surface area (Å²) in [7, 11) is 0. The Morgan fingerprint density at radius 1 is 0.958 bits per heavy atom. The smallest absolute Gasteiger partial charge is 0.322 e. The van der Waals surface area contributed by atoms with Crippen LogP contribution in [0.15, 0.2) is 54.6 Å². The molecule has 0 radical (unpaired) electrons. The van der Waals surface area contributed by atoms with Crippen LogP contribution in [-0.4, -0.2) is 29.4 Å². The van der Waals surface area contributed by atoms with E-state index in [0.29, 0.717) is 24.3 Å². The number of amides is 3. The van der Waals surface area contributed by atoms with Crippen molar-refractivity contribution in [2.24, 2.45) is 0 Å². The van der Waals surface area contributed by atoms with Crippen LogP contribution in [0.4, 0.5) is 20.6 Å². The van der Waals surface area contributed by atoms with Crippen molar-refractivity contribution in [2.75, 3.05) is 17.2 Å². The van der Waals surface area contributed by atoms with Gasteiger partial charge in [0.05, 0.1) is 0 Å². The fourth-order valence-electron chi connectivity index (χ4n) is 2.76. The van der Waals surface area contributed by atoms with Crippen molar-refractivity contribution in [1.29, 1.82) is 0 Å². The van der Waals surface area contributed by atoms with Crippen LogP contribution >= 0.6 is 0 Å². The van der Waals surface area contributed by atoms with Crippen LogP contribution in [0, 0.1) is 5.82 Å². The lowest BCUT2D eigenvalue weighted by Gasteiger charge is -2.24. The lowest BCUT2D eigenvalue weighted by atomic mass is 10.2. The molecule has 0 spiro atoms. The third-order valence-corrected chi connectivity index (χ3v) is 3.95. The minimum Gasteiger partial charge on any atom is -0.324 e. The molecule has 2 aromatic rings. The van der Waals surface area contributed by atoms with Gasteiger partial charge in [-0.15, -0.1) is 0 Å². The Morgan fingerprint density at radius 2 is 1.62 bits per heavy atom. The van der Waals surface area contributed by atoms with Crippen LogP contribution in [0.5, 0.6) is 0 Å². The van der Waals surface area contributed by atoms with Gasteiger partial charge in [0.15, 0.2) is 0 Å². The van der Waals surface area contributed by atoms with Gasteiger partial charge in [0.1, 0.15) is 11.9 Å².